The van der Waals surface area contributed by atoms with E-state index < -0.39 is 27.3 Å². The third-order valence-corrected chi connectivity index (χ3v) is 5.84. The van der Waals surface area contributed by atoms with E-state index in [0.717, 1.165) is 10.9 Å². The normalized spacial score (nSPS) is 23.3. The Kier molecular flexibility index (Phi) is 3.92. The van der Waals surface area contributed by atoms with Crippen LogP contribution in [0.15, 0.2) is 36.5 Å². The summed E-state index contributed by atoms with van der Waals surface area (Å²) in [5.41, 5.74) is 1.43. The van der Waals surface area contributed by atoms with Gasteiger partial charge in [0.25, 0.3) is 0 Å². The monoisotopic (exact) mass is 339 g/mol. The van der Waals surface area contributed by atoms with Crippen molar-refractivity contribution in [3.8, 4) is 0 Å². The molecule has 1 fully saturated rings. The van der Waals surface area contributed by atoms with Crippen LogP contribution < -0.4 is 10.6 Å². The number of pyridine rings is 1. The van der Waals surface area contributed by atoms with Crippen molar-refractivity contribution in [3.63, 3.8) is 0 Å². The number of rotatable bonds is 2. The number of hydrogen-bond donors (Lipinski definition) is 2. The van der Waals surface area contributed by atoms with Crippen LogP contribution in [0.3, 0.4) is 0 Å². The Morgan fingerprint density at radius 1 is 1.27 bits per heavy atom. The maximum absolute atomic E-state index is 12.0. The van der Waals surface area contributed by atoms with Crippen LogP contribution in [-0.2, 0) is 9.84 Å². The molecule has 0 saturated carbocycles. The van der Waals surface area contributed by atoms with Crippen LogP contribution in [0.2, 0.25) is 0 Å². The molecule has 6 nitrogen and oxygen atoms in total. The number of halogens is 1. The number of fused-ring (bicyclic) bond motifs is 1. The van der Waals surface area contributed by atoms with Gasteiger partial charge in [-0.25, -0.2) is 13.2 Å². The zero-order chi connectivity index (χ0) is 15.7. The van der Waals surface area contributed by atoms with E-state index in [1.54, 1.807) is 24.4 Å². The van der Waals surface area contributed by atoms with Crippen LogP contribution in [-0.4, -0.2) is 42.4 Å². The molecule has 1 aliphatic heterocycles. The lowest BCUT2D eigenvalue weighted by atomic mass is 10.2. The molecule has 1 aromatic carbocycles. The van der Waals surface area contributed by atoms with Crippen molar-refractivity contribution in [3.05, 3.63) is 36.5 Å². The molecule has 2 atom stereocenters. The molecule has 3 rings (SSSR count). The molecule has 0 spiro atoms. The Morgan fingerprint density at radius 2 is 2.09 bits per heavy atom. The van der Waals surface area contributed by atoms with Crippen LogP contribution >= 0.6 is 11.6 Å². The summed E-state index contributed by atoms with van der Waals surface area (Å²) in [5, 5.41) is 5.58. The highest BCUT2D eigenvalue weighted by Crippen LogP contribution is 2.19. The summed E-state index contributed by atoms with van der Waals surface area (Å²) in [6, 6.07) is 7.99. The summed E-state index contributed by atoms with van der Waals surface area (Å²) < 4.78 is 22.9. The first-order valence-electron chi connectivity index (χ1n) is 6.70. The minimum Gasteiger partial charge on any atom is -0.333 e. The number of hydrogen-bond acceptors (Lipinski definition) is 4. The van der Waals surface area contributed by atoms with Crippen LogP contribution in [0.25, 0.3) is 10.9 Å². The summed E-state index contributed by atoms with van der Waals surface area (Å²) >= 11 is 5.96. The molecule has 1 aromatic heterocycles. The van der Waals surface area contributed by atoms with Gasteiger partial charge in [0.2, 0.25) is 0 Å². The van der Waals surface area contributed by atoms with Gasteiger partial charge in [0.05, 0.1) is 28.4 Å². The maximum atomic E-state index is 12.0. The SMILES string of the molecule is O=C(Nc1ccc2ncccc2c1)N[C@@H]1CS(=O)(=O)C[C@@H]1Cl. The lowest BCUT2D eigenvalue weighted by molar-refractivity contribution is 0.249. The summed E-state index contributed by atoms with van der Waals surface area (Å²) in [4.78, 5) is 16.2. The Hall–Kier alpha value is -1.86. The number of nitrogens with zero attached hydrogens (tertiary/aromatic N) is 1. The highest BCUT2D eigenvalue weighted by molar-refractivity contribution is 7.91. The average molecular weight is 340 g/mol. The molecule has 116 valence electrons. The average Bonchev–Trinajstić information content (AvgIpc) is 2.71. The lowest BCUT2D eigenvalue weighted by Crippen LogP contribution is -2.42. The van der Waals surface area contributed by atoms with E-state index >= 15 is 0 Å². The Balaban J connectivity index is 1.68. The summed E-state index contributed by atoms with van der Waals surface area (Å²) in [7, 11) is -3.17. The molecule has 2 heterocycles. The number of urea groups is 1. The molecule has 0 unspecified atom stereocenters. The minimum absolute atomic E-state index is 0.110. The molecule has 2 amide bonds. The molecule has 0 radical (unpaired) electrons. The fourth-order valence-corrected chi connectivity index (χ4v) is 4.98. The fraction of sp³-hybridized carbons (Fsp3) is 0.286. The van der Waals surface area contributed by atoms with Crippen molar-refractivity contribution in [1.82, 2.24) is 10.3 Å². The molecular weight excluding hydrogens is 326 g/mol. The van der Waals surface area contributed by atoms with Gasteiger partial charge in [0, 0.05) is 17.3 Å². The molecule has 22 heavy (non-hydrogen) atoms. The zero-order valence-electron chi connectivity index (χ0n) is 11.5. The number of benzene rings is 1. The molecule has 8 heteroatoms. The second-order valence-electron chi connectivity index (χ2n) is 5.21. The second-order valence-corrected chi connectivity index (χ2v) is 7.92. The van der Waals surface area contributed by atoms with Gasteiger partial charge in [-0.3, -0.25) is 4.98 Å². The smallest absolute Gasteiger partial charge is 0.319 e. The van der Waals surface area contributed by atoms with Crippen LogP contribution in [0.1, 0.15) is 0 Å². The highest BCUT2D eigenvalue weighted by Gasteiger charge is 2.37. The summed E-state index contributed by atoms with van der Waals surface area (Å²) in [6.45, 7) is 0. The van der Waals surface area contributed by atoms with Gasteiger partial charge in [0.15, 0.2) is 9.84 Å². The highest BCUT2D eigenvalue weighted by atomic mass is 35.5. The number of amides is 2. The second kappa shape index (κ2) is 5.73. The van der Waals surface area contributed by atoms with E-state index in [2.05, 4.69) is 15.6 Å². The predicted molar refractivity (Wildman–Crippen MR) is 86.0 cm³/mol. The van der Waals surface area contributed by atoms with Gasteiger partial charge < -0.3 is 10.6 Å². The predicted octanol–water partition coefficient (Wildman–Crippen LogP) is 1.76. The zero-order valence-corrected chi connectivity index (χ0v) is 13.1. The van der Waals surface area contributed by atoms with Crippen LogP contribution in [0.5, 0.6) is 0 Å². The first-order chi connectivity index (χ1) is 10.4. The van der Waals surface area contributed by atoms with Gasteiger partial charge in [0.1, 0.15) is 0 Å². The summed E-state index contributed by atoms with van der Waals surface area (Å²) in [5.74, 6) is -0.239. The van der Waals surface area contributed by atoms with Gasteiger partial charge in [-0.05, 0) is 24.3 Å². The van der Waals surface area contributed by atoms with Gasteiger partial charge in [-0.2, -0.15) is 0 Å². The van der Waals surface area contributed by atoms with E-state index in [0.29, 0.717) is 5.69 Å². The molecule has 0 aliphatic carbocycles. The number of alkyl halides is 1. The van der Waals surface area contributed by atoms with Crippen molar-refractivity contribution in [2.24, 2.45) is 0 Å². The summed E-state index contributed by atoms with van der Waals surface area (Å²) in [6.07, 6.45) is 1.70. The molecule has 1 aliphatic rings. The third-order valence-electron chi connectivity index (χ3n) is 3.46. The Labute approximate surface area is 132 Å². The topological polar surface area (TPSA) is 88.2 Å². The van der Waals surface area contributed by atoms with E-state index in [1.807, 2.05) is 12.1 Å². The molecular formula is C14H14ClN3O3S. The fourth-order valence-electron chi connectivity index (χ4n) is 2.43. The van der Waals surface area contributed by atoms with Gasteiger partial charge in [-0.15, -0.1) is 11.6 Å². The van der Waals surface area contributed by atoms with E-state index in [-0.39, 0.29) is 11.5 Å². The van der Waals surface area contributed by atoms with Gasteiger partial charge >= 0.3 is 6.03 Å². The number of nitrogens with one attached hydrogen (secondary N) is 2. The van der Waals surface area contributed by atoms with E-state index in [9.17, 15) is 13.2 Å². The standard InChI is InChI=1S/C14H14ClN3O3S/c15-11-7-22(20,21)8-13(11)18-14(19)17-10-3-4-12-9(6-10)2-1-5-16-12/h1-6,11,13H,7-8H2,(H2,17,18,19)/t11-,13+/m0/s1. The first kappa shape index (κ1) is 15.1. The Morgan fingerprint density at radius 3 is 2.82 bits per heavy atom. The van der Waals surface area contributed by atoms with Crippen molar-refractivity contribution in [2.45, 2.75) is 11.4 Å². The van der Waals surface area contributed by atoms with E-state index in [1.165, 1.54) is 0 Å². The first-order valence-corrected chi connectivity index (χ1v) is 8.95. The van der Waals surface area contributed by atoms with Crippen molar-refractivity contribution >= 4 is 44.1 Å². The number of carbonyl (C=O) groups is 1. The number of carbonyl (C=O) groups excluding carboxylic acids is 1. The van der Waals surface area contributed by atoms with Crippen LogP contribution in [0, 0.1) is 0 Å². The van der Waals surface area contributed by atoms with Crippen molar-refractivity contribution in [1.29, 1.82) is 0 Å². The number of anilines is 1. The number of aromatic nitrogens is 1. The van der Waals surface area contributed by atoms with Crippen LogP contribution in [0.4, 0.5) is 10.5 Å². The van der Waals surface area contributed by atoms with Crippen molar-refractivity contribution < 1.29 is 13.2 Å². The molecule has 0 bridgehead atoms. The third kappa shape index (κ3) is 3.31. The molecule has 1 saturated heterocycles. The maximum Gasteiger partial charge on any atom is 0.319 e. The number of sulfone groups is 1. The van der Waals surface area contributed by atoms with E-state index in [4.69, 9.17) is 11.6 Å². The largest absolute Gasteiger partial charge is 0.333 e. The molecule has 2 N–H and O–H groups in total. The quantitative estimate of drug-likeness (QED) is 0.816. The van der Waals surface area contributed by atoms with Crippen molar-refractivity contribution in [2.75, 3.05) is 16.8 Å². The lowest BCUT2D eigenvalue weighted by Gasteiger charge is -2.15. The minimum atomic E-state index is -3.17. The molecule has 2 aromatic rings. The Bertz CT molecular complexity index is 825. The van der Waals surface area contributed by atoms with Gasteiger partial charge in [-0.1, -0.05) is 6.07 Å².